The monoisotopic (exact) mass is 475 g/mol. The first-order chi connectivity index (χ1) is 16.8. The second-order valence-electron chi connectivity index (χ2n) is 9.30. The molecule has 4 aromatic rings. The highest BCUT2D eigenvalue weighted by molar-refractivity contribution is 5.90. The lowest BCUT2D eigenvalue weighted by Crippen LogP contribution is -2.35. The molecule has 0 saturated carbocycles. The highest BCUT2D eigenvalue weighted by atomic mass is 19.1. The Bertz CT molecular complexity index is 1420. The first-order valence-corrected chi connectivity index (χ1v) is 11.4. The maximum absolute atomic E-state index is 14.3. The van der Waals surface area contributed by atoms with Crippen LogP contribution in [-0.4, -0.2) is 54.8 Å². The molecule has 9 nitrogen and oxygen atoms in total. The maximum atomic E-state index is 14.3. The summed E-state index contributed by atoms with van der Waals surface area (Å²) < 4.78 is 16.0. The summed E-state index contributed by atoms with van der Waals surface area (Å²) in [7, 11) is 0. The SMILES string of the molecule is CC(O)CNc1nc(-c2nn(Cc3ccccc3F)c3ncccc23)nc2c1C(C)(C)C(C=O)N2. The number of aliphatic hydroxyl groups excluding tert-OH is 1. The average molecular weight is 476 g/mol. The zero-order chi connectivity index (χ0) is 24.7. The molecule has 3 aromatic heterocycles. The Balaban J connectivity index is 1.66. The third kappa shape index (κ3) is 3.99. The molecule has 1 aliphatic heterocycles. The number of anilines is 2. The molecule has 2 atom stereocenters. The van der Waals surface area contributed by atoms with Crippen molar-refractivity contribution in [1.82, 2.24) is 24.7 Å². The smallest absolute Gasteiger partial charge is 0.184 e. The lowest BCUT2D eigenvalue weighted by molar-refractivity contribution is -0.109. The van der Waals surface area contributed by atoms with Crippen molar-refractivity contribution in [3.8, 4) is 11.5 Å². The van der Waals surface area contributed by atoms with Crippen molar-refractivity contribution in [1.29, 1.82) is 0 Å². The van der Waals surface area contributed by atoms with E-state index in [1.807, 2.05) is 19.9 Å². The number of aliphatic hydroxyl groups is 1. The van der Waals surface area contributed by atoms with E-state index < -0.39 is 17.6 Å². The second-order valence-corrected chi connectivity index (χ2v) is 9.30. The van der Waals surface area contributed by atoms with Crippen LogP contribution >= 0.6 is 0 Å². The van der Waals surface area contributed by atoms with Crippen LogP contribution in [0.1, 0.15) is 31.9 Å². The van der Waals surface area contributed by atoms with Crippen LogP contribution in [0.25, 0.3) is 22.6 Å². The van der Waals surface area contributed by atoms with Gasteiger partial charge in [0.25, 0.3) is 0 Å². The number of carbonyl (C=O) groups excluding carboxylic acids is 1. The molecule has 0 saturated heterocycles. The van der Waals surface area contributed by atoms with Gasteiger partial charge in [0.1, 0.15) is 29.4 Å². The zero-order valence-corrected chi connectivity index (χ0v) is 19.7. The molecule has 1 aliphatic rings. The van der Waals surface area contributed by atoms with Crippen molar-refractivity contribution in [2.24, 2.45) is 0 Å². The van der Waals surface area contributed by atoms with Crippen LogP contribution in [0, 0.1) is 5.82 Å². The van der Waals surface area contributed by atoms with Gasteiger partial charge in [0.2, 0.25) is 0 Å². The fraction of sp³-hybridized carbons (Fsp3) is 0.320. The van der Waals surface area contributed by atoms with E-state index in [0.717, 1.165) is 17.2 Å². The molecule has 10 heteroatoms. The van der Waals surface area contributed by atoms with E-state index in [-0.39, 0.29) is 18.9 Å². The lowest BCUT2D eigenvalue weighted by atomic mass is 9.81. The molecular weight excluding hydrogens is 449 g/mol. The molecule has 4 heterocycles. The first kappa shape index (κ1) is 22.9. The number of aromatic nitrogens is 5. The Morgan fingerprint density at radius 1 is 1.26 bits per heavy atom. The summed E-state index contributed by atoms with van der Waals surface area (Å²) in [5.41, 5.74) is 1.76. The summed E-state index contributed by atoms with van der Waals surface area (Å²) in [6.45, 7) is 6.04. The van der Waals surface area contributed by atoms with Gasteiger partial charge in [-0.1, -0.05) is 32.0 Å². The number of aldehydes is 1. The van der Waals surface area contributed by atoms with E-state index in [2.05, 4.69) is 15.6 Å². The van der Waals surface area contributed by atoms with Gasteiger partial charge in [0.15, 0.2) is 11.5 Å². The molecule has 0 aliphatic carbocycles. The Hall–Kier alpha value is -3.92. The minimum atomic E-state index is -0.603. The predicted octanol–water partition coefficient (Wildman–Crippen LogP) is 3.14. The van der Waals surface area contributed by atoms with Crippen molar-refractivity contribution in [3.63, 3.8) is 0 Å². The molecule has 2 unspecified atom stereocenters. The first-order valence-electron chi connectivity index (χ1n) is 11.4. The topological polar surface area (TPSA) is 118 Å². The second kappa shape index (κ2) is 8.70. The molecule has 35 heavy (non-hydrogen) atoms. The van der Waals surface area contributed by atoms with E-state index in [4.69, 9.17) is 15.1 Å². The van der Waals surface area contributed by atoms with Crippen molar-refractivity contribution in [2.75, 3.05) is 17.2 Å². The summed E-state index contributed by atoms with van der Waals surface area (Å²) in [4.78, 5) is 25.7. The largest absolute Gasteiger partial charge is 0.392 e. The van der Waals surface area contributed by atoms with Crippen molar-refractivity contribution in [3.05, 3.63) is 59.5 Å². The molecule has 0 fully saturated rings. The van der Waals surface area contributed by atoms with Crippen LogP contribution in [0.5, 0.6) is 0 Å². The van der Waals surface area contributed by atoms with Gasteiger partial charge in [-0.2, -0.15) is 5.10 Å². The number of hydrogen-bond acceptors (Lipinski definition) is 8. The summed E-state index contributed by atoms with van der Waals surface area (Å²) >= 11 is 0. The Morgan fingerprint density at radius 3 is 2.80 bits per heavy atom. The number of carbonyl (C=O) groups is 1. The van der Waals surface area contributed by atoms with Crippen molar-refractivity contribution < 1.29 is 14.3 Å². The van der Waals surface area contributed by atoms with Gasteiger partial charge in [-0.3, -0.25) is 0 Å². The number of rotatable bonds is 7. The molecule has 180 valence electrons. The average Bonchev–Trinajstić information content (AvgIpc) is 3.33. The van der Waals surface area contributed by atoms with E-state index in [1.54, 1.807) is 42.1 Å². The Kier molecular flexibility index (Phi) is 5.68. The summed E-state index contributed by atoms with van der Waals surface area (Å²) in [6, 6.07) is 9.73. The highest BCUT2D eigenvalue weighted by Gasteiger charge is 2.43. The van der Waals surface area contributed by atoms with E-state index in [9.17, 15) is 14.3 Å². The van der Waals surface area contributed by atoms with E-state index >= 15 is 0 Å². The van der Waals surface area contributed by atoms with Crippen LogP contribution in [0.3, 0.4) is 0 Å². The minimum absolute atomic E-state index is 0.191. The van der Waals surface area contributed by atoms with Crippen LogP contribution < -0.4 is 10.6 Å². The molecule has 3 N–H and O–H groups in total. The van der Waals surface area contributed by atoms with Crippen LogP contribution in [0.4, 0.5) is 16.0 Å². The Labute approximate surface area is 201 Å². The van der Waals surface area contributed by atoms with Gasteiger partial charge in [0.05, 0.1) is 24.1 Å². The predicted molar refractivity (Wildman–Crippen MR) is 131 cm³/mol. The fourth-order valence-electron chi connectivity index (χ4n) is 4.41. The van der Waals surface area contributed by atoms with Gasteiger partial charge in [-0.25, -0.2) is 24.0 Å². The fourth-order valence-corrected chi connectivity index (χ4v) is 4.41. The summed E-state index contributed by atoms with van der Waals surface area (Å²) in [5, 5.41) is 21.7. The van der Waals surface area contributed by atoms with Gasteiger partial charge < -0.3 is 20.5 Å². The standard InChI is InChI=1S/C25H26FN7O2/c1-14(35)11-28-21-19-22(29-18(13-34)25(19,2)3)31-23(30-21)20-16-8-6-10-27-24(16)33(32-20)12-15-7-4-5-9-17(15)26/h4-10,13-14,18,35H,11-12H2,1-3H3,(H2,28,29,30,31). The van der Waals surface area contributed by atoms with Crippen molar-refractivity contribution in [2.45, 2.75) is 44.9 Å². The molecule has 5 rings (SSSR count). The molecule has 0 bridgehead atoms. The van der Waals surface area contributed by atoms with Crippen LogP contribution in [0.15, 0.2) is 42.6 Å². The van der Waals surface area contributed by atoms with E-state index in [0.29, 0.717) is 34.4 Å². The number of nitrogens with zero attached hydrogens (tertiary/aromatic N) is 5. The molecule has 0 amide bonds. The molecule has 0 spiro atoms. The molecule has 1 aromatic carbocycles. The van der Waals surface area contributed by atoms with Gasteiger partial charge >= 0.3 is 0 Å². The number of fused-ring (bicyclic) bond motifs is 2. The quantitative estimate of drug-likeness (QED) is 0.349. The van der Waals surface area contributed by atoms with Crippen LogP contribution in [-0.2, 0) is 16.8 Å². The Morgan fingerprint density at radius 2 is 2.06 bits per heavy atom. The summed E-state index contributed by atoms with van der Waals surface area (Å²) in [5.74, 6) is 1.06. The highest BCUT2D eigenvalue weighted by Crippen LogP contribution is 2.44. The number of hydrogen-bond donors (Lipinski definition) is 3. The third-order valence-electron chi connectivity index (χ3n) is 6.32. The van der Waals surface area contributed by atoms with Gasteiger partial charge in [-0.05, 0) is 25.1 Å². The molecular formula is C25H26FN7O2. The number of pyridine rings is 1. The maximum Gasteiger partial charge on any atom is 0.184 e. The van der Waals surface area contributed by atoms with Crippen molar-refractivity contribution >= 4 is 29.0 Å². The third-order valence-corrected chi connectivity index (χ3v) is 6.32. The van der Waals surface area contributed by atoms with Gasteiger partial charge in [0, 0.05) is 29.3 Å². The normalized spacial score (nSPS) is 17.1. The zero-order valence-electron chi connectivity index (χ0n) is 19.7. The van der Waals surface area contributed by atoms with E-state index in [1.165, 1.54) is 6.07 Å². The number of halogens is 1. The summed E-state index contributed by atoms with van der Waals surface area (Å²) in [6.07, 6.45) is 1.92. The van der Waals surface area contributed by atoms with Gasteiger partial charge in [-0.15, -0.1) is 0 Å². The lowest BCUT2D eigenvalue weighted by Gasteiger charge is -2.24. The number of benzene rings is 1. The minimum Gasteiger partial charge on any atom is -0.392 e. The van der Waals surface area contributed by atoms with Crippen LogP contribution in [0.2, 0.25) is 0 Å². The molecule has 0 radical (unpaired) electrons. The number of nitrogens with one attached hydrogen (secondary N) is 2.